The van der Waals surface area contributed by atoms with Crippen molar-refractivity contribution in [3.05, 3.63) is 35.4 Å². The number of carbonyl (C=O) groups is 2. The molecule has 0 aromatic heterocycles. The van der Waals surface area contributed by atoms with E-state index < -0.39 is 12.1 Å². The van der Waals surface area contributed by atoms with E-state index in [1.54, 1.807) is 31.2 Å². The summed E-state index contributed by atoms with van der Waals surface area (Å²) in [6.07, 6.45) is 3.70. The second kappa shape index (κ2) is 8.53. The third kappa shape index (κ3) is 5.25. The maximum absolute atomic E-state index is 11.7. The van der Waals surface area contributed by atoms with Crippen LogP contribution in [0.4, 0.5) is 4.79 Å². The molecule has 1 aromatic carbocycles. The molecular weight excluding hydrogens is 300 g/mol. The lowest BCUT2D eigenvalue weighted by Crippen LogP contribution is -2.25. The number of benzene rings is 1. The molecule has 0 amide bonds. The quantitative estimate of drug-likeness (QED) is 0.461. The van der Waals surface area contributed by atoms with Gasteiger partial charge < -0.3 is 4.74 Å². The second-order valence-corrected chi connectivity index (χ2v) is 5.76. The van der Waals surface area contributed by atoms with Crippen molar-refractivity contribution in [3.8, 4) is 0 Å². The lowest BCUT2D eigenvalue weighted by atomic mass is 9.86. The van der Waals surface area contributed by atoms with Crippen LogP contribution in [0.1, 0.15) is 54.9 Å². The monoisotopic (exact) mass is 322 g/mol. The summed E-state index contributed by atoms with van der Waals surface area (Å²) in [6, 6.07) is 6.85. The topological polar surface area (TPSA) is 71.1 Å². The van der Waals surface area contributed by atoms with E-state index in [1.807, 2.05) is 0 Å². The SMILES string of the molecule is CCC1CCC(OC(=O)OOOC(=O)c2ccccc2C)CC1. The van der Waals surface area contributed by atoms with Crippen LogP contribution in [0.3, 0.4) is 0 Å². The first-order chi connectivity index (χ1) is 11.1. The Morgan fingerprint density at radius 1 is 1.09 bits per heavy atom. The van der Waals surface area contributed by atoms with Gasteiger partial charge in [0.2, 0.25) is 0 Å². The number of rotatable bonds is 5. The molecule has 0 atom stereocenters. The molecule has 0 heterocycles. The summed E-state index contributed by atoms with van der Waals surface area (Å²) < 4.78 is 5.12. The van der Waals surface area contributed by atoms with Crippen molar-refractivity contribution in [1.82, 2.24) is 0 Å². The highest BCUT2D eigenvalue weighted by Gasteiger charge is 2.24. The van der Waals surface area contributed by atoms with Crippen LogP contribution in [-0.2, 0) is 19.6 Å². The summed E-state index contributed by atoms with van der Waals surface area (Å²) in [5.41, 5.74) is 1.07. The number of carbonyl (C=O) groups excluding carboxylic acids is 2. The molecular formula is C17H22O6. The molecule has 126 valence electrons. The molecule has 1 aliphatic carbocycles. The van der Waals surface area contributed by atoms with Gasteiger partial charge in [0.25, 0.3) is 0 Å². The zero-order valence-corrected chi connectivity index (χ0v) is 13.4. The van der Waals surface area contributed by atoms with Gasteiger partial charge in [0.15, 0.2) is 0 Å². The summed E-state index contributed by atoms with van der Waals surface area (Å²) in [4.78, 5) is 32.0. The smallest absolute Gasteiger partial charge is 0.429 e. The summed E-state index contributed by atoms with van der Waals surface area (Å²) in [5.74, 6) is -0.0310. The number of hydrogen-bond donors (Lipinski definition) is 0. The van der Waals surface area contributed by atoms with Crippen molar-refractivity contribution in [2.24, 2.45) is 5.92 Å². The van der Waals surface area contributed by atoms with Crippen LogP contribution in [0, 0.1) is 12.8 Å². The lowest BCUT2D eigenvalue weighted by molar-refractivity contribution is -0.453. The highest BCUT2D eigenvalue weighted by molar-refractivity contribution is 5.90. The van der Waals surface area contributed by atoms with Crippen LogP contribution >= 0.6 is 0 Å². The van der Waals surface area contributed by atoms with Crippen molar-refractivity contribution >= 4 is 12.1 Å². The Morgan fingerprint density at radius 3 is 2.43 bits per heavy atom. The average Bonchev–Trinajstić information content (AvgIpc) is 2.56. The fourth-order valence-electron chi connectivity index (χ4n) is 2.74. The standard InChI is InChI=1S/C17H22O6/c1-3-13-8-10-14(11-9-13)20-17(19)22-23-21-16(18)15-7-5-4-6-12(15)2/h4-7,13-14H,3,8-11H2,1-2H3. The first kappa shape index (κ1) is 17.3. The summed E-state index contributed by atoms with van der Waals surface area (Å²) in [6.45, 7) is 3.93. The molecule has 23 heavy (non-hydrogen) atoms. The van der Waals surface area contributed by atoms with Gasteiger partial charge in [-0.3, -0.25) is 4.89 Å². The van der Waals surface area contributed by atoms with E-state index in [2.05, 4.69) is 21.7 Å². The van der Waals surface area contributed by atoms with Crippen molar-refractivity contribution in [1.29, 1.82) is 0 Å². The summed E-state index contributed by atoms with van der Waals surface area (Å²) >= 11 is 0. The molecule has 0 saturated heterocycles. The van der Waals surface area contributed by atoms with Crippen LogP contribution in [0.2, 0.25) is 0 Å². The highest BCUT2D eigenvalue weighted by atomic mass is 17.5. The van der Waals surface area contributed by atoms with E-state index in [4.69, 9.17) is 4.74 Å². The number of hydrogen-bond acceptors (Lipinski definition) is 6. The van der Waals surface area contributed by atoms with E-state index in [9.17, 15) is 9.59 Å². The van der Waals surface area contributed by atoms with Gasteiger partial charge in [0, 0.05) is 0 Å². The summed E-state index contributed by atoms with van der Waals surface area (Å²) in [7, 11) is 0. The first-order valence-electron chi connectivity index (χ1n) is 7.92. The normalized spacial score (nSPS) is 20.6. The Bertz CT molecular complexity index is 534. The van der Waals surface area contributed by atoms with Gasteiger partial charge >= 0.3 is 12.1 Å². The predicted molar refractivity (Wildman–Crippen MR) is 81.3 cm³/mol. The molecule has 1 aliphatic rings. The van der Waals surface area contributed by atoms with Crippen LogP contribution in [0.15, 0.2) is 24.3 Å². The Labute approximate surface area is 135 Å². The van der Waals surface area contributed by atoms with E-state index in [1.165, 1.54) is 0 Å². The first-order valence-corrected chi connectivity index (χ1v) is 7.92. The minimum atomic E-state index is -0.998. The molecule has 1 saturated carbocycles. The number of ether oxygens (including phenoxy) is 1. The molecule has 2 rings (SSSR count). The molecule has 6 nitrogen and oxygen atoms in total. The van der Waals surface area contributed by atoms with Gasteiger partial charge in [-0.1, -0.05) is 31.5 Å². The fraction of sp³-hybridized carbons (Fsp3) is 0.529. The minimum Gasteiger partial charge on any atom is -0.429 e. The van der Waals surface area contributed by atoms with Crippen molar-refractivity contribution in [3.63, 3.8) is 0 Å². The third-order valence-electron chi connectivity index (χ3n) is 4.21. The number of aryl methyl sites for hydroxylation is 1. The van der Waals surface area contributed by atoms with Crippen molar-refractivity contribution < 1.29 is 29.1 Å². The molecule has 0 bridgehead atoms. The predicted octanol–water partition coefficient (Wildman–Crippen LogP) is 4.12. The van der Waals surface area contributed by atoms with Gasteiger partial charge in [-0.05, 0) is 50.2 Å². The molecule has 1 fully saturated rings. The Kier molecular flexibility index (Phi) is 6.40. The maximum atomic E-state index is 11.7. The molecule has 1 aromatic rings. The van der Waals surface area contributed by atoms with Gasteiger partial charge in [-0.2, -0.15) is 0 Å². The van der Waals surface area contributed by atoms with Crippen LogP contribution < -0.4 is 0 Å². The van der Waals surface area contributed by atoms with E-state index in [0.29, 0.717) is 11.5 Å². The lowest BCUT2D eigenvalue weighted by Gasteiger charge is -2.26. The van der Waals surface area contributed by atoms with E-state index in [-0.39, 0.29) is 6.10 Å². The maximum Gasteiger partial charge on any atom is 0.543 e. The zero-order chi connectivity index (χ0) is 16.7. The highest BCUT2D eigenvalue weighted by Crippen LogP contribution is 2.28. The molecule has 0 radical (unpaired) electrons. The molecule has 0 spiro atoms. The molecule has 0 N–H and O–H groups in total. The van der Waals surface area contributed by atoms with E-state index in [0.717, 1.165) is 37.7 Å². The third-order valence-corrected chi connectivity index (χ3v) is 4.21. The van der Waals surface area contributed by atoms with Crippen molar-refractivity contribution in [2.75, 3.05) is 0 Å². The molecule has 0 aliphatic heterocycles. The van der Waals surface area contributed by atoms with Crippen molar-refractivity contribution in [2.45, 2.75) is 52.1 Å². The minimum absolute atomic E-state index is 0.166. The van der Waals surface area contributed by atoms with Crippen LogP contribution in [0.5, 0.6) is 0 Å². The van der Waals surface area contributed by atoms with Crippen LogP contribution in [0.25, 0.3) is 0 Å². The van der Waals surface area contributed by atoms with E-state index >= 15 is 0 Å². The molecule has 0 unspecified atom stereocenters. The van der Waals surface area contributed by atoms with Crippen LogP contribution in [-0.4, -0.2) is 18.2 Å². The largest absolute Gasteiger partial charge is 0.543 e. The Hall–Kier alpha value is -2.08. The fourth-order valence-corrected chi connectivity index (χ4v) is 2.74. The van der Waals surface area contributed by atoms with Gasteiger partial charge in [-0.15, -0.1) is 0 Å². The Morgan fingerprint density at radius 2 is 1.78 bits per heavy atom. The van der Waals surface area contributed by atoms with Gasteiger partial charge in [0.05, 0.1) is 10.6 Å². The second-order valence-electron chi connectivity index (χ2n) is 5.76. The zero-order valence-electron chi connectivity index (χ0n) is 13.4. The van der Waals surface area contributed by atoms with Gasteiger partial charge in [-0.25, -0.2) is 14.5 Å². The molecule has 6 heteroatoms. The van der Waals surface area contributed by atoms with Gasteiger partial charge in [0.1, 0.15) is 6.10 Å². The Balaban J connectivity index is 1.67. The average molecular weight is 322 g/mol. The summed E-state index contributed by atoms with van der Waals surface area (Å²) in [5, 5.41) is 4.23.